The molecule has 1 atom stereocenters. The van der Waals surface area contributed by atoms with E-state index in [-0.39, 0.29) is 6.04 Å². The monoisotopic (exact) mass is 175 g/mol. The van der Waals surface area contributed by atoms with Crippen molar-refractivity contribution in [3.63, 3.8) is 0 Å². The highest BCUT2D eigenvalue weighted by Gasteiger charge is 2.08. The van der Waals surface area contributed by atoms with Gasteiger partial charge in [0.05, 0.1) is 11.7 Å². The van der Waals surface area contributed by atoms with Crippen molar-refractivity contribution in [1.82, 2.24) is 15.3 Å². The van der Waals surface area contributed by atoms with Gasteiger partial charge in [0.2, 0.25) is 0 Å². The minimum absolute atomic E-state index is 0.131. The molecular weight excluding hydrogens is 162 g/mol. The molecule has 1 N–H and O–H groups in total. The number of nitrogens with one attached hydrogen (secondary N) is 1. The Kier molecular flexibility index (Phi) is 3.41. The summed E-state index contributed by atoms with van der Waals surface area (Å²) in [5.41, 5.74) is 0.952. The van der Waals surface area contributed by atoms with Crippen LogP contribution in [0.15, 0.2) is 12.3 Å². The Labute approximate surface area is 78.6 Å². The summed E-state index contributed by atoms with van der Waals surface area (Å²) in [6, 6.07) is 2.01. The Hall–Kier alpha value is -1.40. The van der Waals surface area contributed by atoms with E-state index in [1.54, 1.807) is 6.20 Å². The Bertz CT molecular complexity index is 314. The van der Waals surface area contributed by atoms with Gasteiger partial charge in [-0.25, -0.2) is 9.97 Å². The summed E-state index contributed by atoms with van der Waals surface area (Å²) in [5.74, 6) is 3.39. The molecule has 1 rings (SSSR count). The number of hydrogen-bond acceptors (Lipinski definition) is 3. The van der Waals surface area contributed by atoms with Crippen molar-refractivity contribution in [2.24, 2.45) is 0 Å². The molecule has 13 heavy (non-hydrogen) atoms. The first-order valence-corrected chi connectivity index (χ1v) is 4.18. The Morgan fingerprint density at radius 2 is 2.46 bits per heavy atom. The van der Waals surface area contributed by atoms with Crippen LogP contribution in [-0.2, 0) is 0 Å². The minimum atomic E-state index is 0.131. The van der Waals surface area contributed by atoms with Crippen molar-refractivity contribution in [2.75, 3.05) is 7.05 Å². The second kappa shape index (κ2) is 4.58. The second-order valence-corrected chi connectivity index (χ2v) is 2.78. The molecule has 0 aliphatic rings. The van der Waals surface area contributed by atoms with E-state index in [2.05, 4.69) is 21.2 Å². The van der Waals surface area contributed by atoms with E-state index in [1.165, 1.54) is 0 Å². The van der Waals surface area contributed by atoms with E-state index < -0.39 is 0 Å². The maximum Gasteiger partial charge on any atom is 0.125 e. The fraction of sp³-hybridized carbons (Fsp3) is 0.400. The lowest BCUT2D eigenvalue weighted by molar-refractivity contribution is 0.590. The topological polar surface area (TPSA) is 37.8 Å². The van der Waals surface area contributed by atoms with Crippen molar-refractivity contribution in [3.05, 3.63) is 23.8 Å². The van der Waals surface area contributed by atoms with Crippen LogP contribution in [0, 0.1) is 19.3 Å². The molecule has 0 aliphatic heterocycles. The summed E-state index contributed by atoms with van der Waals surface area (Å²) in [7, 11) is 1.87. The van der Waals surface area contributed by atoms with E-state index in [0.29, 0.717) is 6.42 Å². The lowest BCUT2D eigenvalue weighted by Crippen LogP contribution is -2.17. The molecule has 1 heterocycles. The average molecular weight is 175 g/mol. The quantitative estimate of drug-likeness (QED) is 0.698. The zero-order valence-electron chi connectivity index (χ0n) is 7.91. The van der Waals surface area contributed by atoms with Crippen LogP contribution in [-0.4, -0.2) is 17.0 Å². The maximum absolute atomic E-state index is 5.25. The van der Waals surface area contributed by atoms with Gasteiger partial charge in [0, 0.05) is 12.6 Å². The van der Waals surface area contributed by atoms with E-state index >= 15 is 0 Å². The number of nitrogens with zero attached hydrogens (tertiary/aromatic N) is 2. The van der Waals surface area contributed by atoms with Gasteiger partial charge in [-0.2, -0.15) is 0 Å². The van der Waals surface area contributed by atoms with E-state index in [4.69, 9.17) is 6.42 Å². The van der Waals surface area contributed by atoms with Crippen molar-refractivity contribution < 1.29 is 0 Å². The van der Waals surface area contributed by atoms with E-state index in [0.717, 1.165) is 11.5 Å². The third kappa shape index (κ3) is 2.53. The van der Waals surface area contributed by atoms with E-state index in [9.17, 15) is 0 Å². The molecule has 0 saturated heterocycles. The predicted molar refractivity (Wildman–Crippen MR) is 52.0 cm³/mol. The fourth-order valence-electron chi connectivity index (χ4n) is 1.14. The highest BCUT2D eigenvalue weighted by Crippen LogP contribution is 2.12. The van der Waals surface area contributed by atoms with Gasteiger partial charge in [-0.3, -0.25) is 0 Å². The number of terminal acetylenes is 1. The third-order valence-corrected chi connectivity index (χ3v) is 1.83. The number of hydrogen-bond donors (Lipinski definition) is 1. The predicted octanol–water partition coefficient (Wildman–Crippen LogP) is 1.07. The van der Waals surface area contributed by atoms with Gasteiger partial charge in [-0.15, -0.1) is 12.3 Å². The summed E-state index contributed by atoms with van der Waals surface area (Å²) in [4.78, 5) is 8.32. The first-order valence-electron chi connectivity index (χ1n) is 4.18. The molecule has 0 aliphatic carbocycles. The molecule has 3 heteroatoms. The molecule has 0 fully saturated rings. The standard InChI is InChI=1S/C10H13N3/c1-4-5-9(11-3)10-6-7-12-8(2)13-10/h1,6-7,9,11H,5H2,2-3H3. The first kappa shape index (κ1) is 9.69. The van der Waals surface area contributed by atoms with Crippen molar-refractivity contribution in [3.8, 4) is 12.3 Å². The molecule has 1 aromatic rings. The molecule has 1 unspecified atom stereocenters. The molecular formula is C10H13N3. The molecule has 0 spiro atoms. The lowest BCUT2D eigenvalue weighted by atomic mass is 10.1. The van der Waals surface area contributed by atoms with Crippen LogP contribution in [0.25, 0.3) is 0 Å². The van der Waals surface area contributed by atoms with Gasteiger partial charge in [0.1, 0.15) is 5.82 Å². The zero-order chi connectivity index (χ0) is 9.68. The molecule has 0 saturated carbocycles. The van der Waals surface area contributed by atoms with Crippen LogP contribution in [0.5, 0.6) is 0 Å². The van der Waals surface area contributed by atoms with Crippen molar-refractivity contribution >= 4 is 0 Å². The minimum Gasteiger partial charge on any atom is -0.311 e. The van der Waals surface area contributed by atoms with Crippen LogP contribution >= 0.6 is 0 Å². The van der Waals surface area contributed by atoms with Gasteiger partial charge < -0.3 is 5.32 Å². The SMILES string of the molecule is C#CCC(NC)c1ccnc(C)n1. The Morgan fingerprint density at radius 1 is 1.69 bits per heavy atom. The molecule has 0 aromatic carbocycles. The molecule has 0 radical (unpaired) electrons. The summed E-state index contributed by atoms with van der Waals surface area (Å²) in [6.45, 7) is 1.87. The van der Waals surface area contributed by atoms with Crippen LogP contribution in [0.4, 0.5) is 0 Å². The highest BCUT2D eigenvalue weighted by atomic mass is 14.9. The third-order valence-electron chi connectivity index (χ3n) is 1.83. The molecule has 68 valence electrons. The van der Waals surface area contributed by atoms with Crippen molar-refractivity contribution in [2.45, 2.75) is 19.4 Å². The number of aryl methyl sites for hydroxylation is 1. The lowest BCUT2D eigenvalue weighted by Gasteiger charge is -2.12. The Morgan fingerprint density at radius 3 is 3.00 bits per heavy atom. The van der Waals surface area contributed by atoms with Gasteiger partial charge in [0.25, 0.3) is 0 Å². The number of aromatic nitrogens is 2. The average Bonchev–Trinajstić information content (AvgIpc) is 2.14. The normalized spacial score (nSPS) is 12.1. The second-order valence-electron chi connectivity index (χ2n) is 2.78. The summed E-state index contributed by atoms with van der Waals surface area (Å²) in [6.07, 6.45) is 7.64. The molecule has 0 amide bonds. The highest BCUT2D eigenvalue weighted by molar-refractivity contribution is 5.10. The van der Waals surface area contributed by atoms with Crippen LogP contribution in [0.3, 0.4) is 0 Å². The summed E-state index contributed by atoms with van der Waals surface area (Å²) >= 11 is 0. The van der Waals surface area contributed by atoms with Crippen LogP contribution < -0.4 is 5.32 Å². The Balaban J connectivity index is 2.86. The molecule has 3 nitrogen and oxygen atoms in total. The smallest absolute Gasteiger partial charge is 0.125 e. The summed E-state index contributed by atoms with van der Waals surface area (Å²) < 4.78 is 0. The molecule has 0 bridgehead atoms. The fourth-order valence-corrected chi connectivity index (χ4v) is 1.14. The van der Waals surface area contributed by atoms with Crippen LogP contribution in [0.1, 0.15) is 24.0 Å². The van der Waals surface area contributed by atoms with Gasteiger partial charge >= 0.3 is 0 Å². The summed E-state index contributed by atoms with van der Waals surface area (Å²) in [5, 5.41) is 3.11. The van der Waals surface area contributed by atoms with Gasteiger partial charge in [-0.1, -0.05) is 0 Å². The maximum atomic E-state index is 5.25. The van der Waals surface area contributed by atoms with E-state index in [1.807, 2.05) is 20.0 Å². The zero-order valence-corrected chi connectivity index (χ0v) is 7.91. The number of rotatable bonds is 3. The van der Waals surface area contributed by atoms with Crippen LogP contribution in [0.2, 0.25) is 0 Å². The van der Waals surface area contributed by atoms with Gasteiger partial charge in [-0.05, 0) is 20.0 Å². The first-order chi connectivity index (χ1) is 6.27. The van der Waals surface area contributed by atoms with Gasteiger partial charge in [0.15, 0.2) is 0 Å². The molecule has 1 aromatic heterocycles. The largest absolute Gasteiger partial charge is 0.311 e. The van der Waals surface area contributed by atoms with Crippen molar-refractivity contribution in [1.29, 1.82) is 0 Å².